The van der Waals surface area contributed by atoms with Gasteiger partial charge in [-0.3, -0.25) is 9.78 Å². The smallest absolute Gasteiger partial charge is 0.231 e. The van der Waals surface area contributed by atoms with E-state index in [0.29, 0.717) is 44.4 Å². The van der Waals surface area contributed by atoms with Crippen LogP contribution in [0.25, 0.3) is 11.4 Å². The molecule has 1 aliphatic heterocycles. The van der Waals surface area contributed by atoms with E-state index in [4.69, 9.17) is 9.26 Å². The van der Waals surface area contributed by atoms with E-state index >= 15 is 0 Å². The van der Waals surface area contributed by atoms with Gasteiger partial charge in [0, 0.05) is 31.0 Å². The lowest BCUT2D eigenvalue weighted by Gasteiger charge is -2.33. The van der Waals surface area contributed by atoms with Crippen molar-refractivity contribution in [2.24, 2.45) is 5.92 Å². The summed E-state index contributed by atoms with van der Waals surface area (Å²) >= 11 is 0. The maximum absolute atomic E-state index is 13.0. The number of pyridine rings is 1. The van der Waals surface area contributed by atoms with Crippen molar-refractivity contribution in [3.8, 4) is 11.4 Å². The second-order valence-corrected chi connectivity index (χ2v) is 6.29. The first-order valence-corrected chi connectivity index (χ1v) is 8.58. The molecule has 0 bridgehead atoms. The van der Waals surface area contributed by atoms with Crippen LogP contribution in [-0.4, -0.2) is 52.2 Å². The molecule has 0 N–H and O–H groups in total. The van der Waals surface area contributed by atoms with Gasteiger partial charge in [-0.25, -0.2) is 0 Å². The van der Waals surface area contributed by atoms with Crippen LogP contribution >= 0.6 is 0 Å². The molecule has 4 rings (SSSR count). The first-order valence-electron chi connectivity index (χ1n) is 8.58. The number of morpholine rings is 1. The van der Waals surface area contributed by atoms with Crippen molar-refractivity contribution < 1.29 is 14.1 Å². The molecule has 1 fully saturated rings. The number of aromatic nitrogens is 3. The zero-order valence-electron chi connectivity index (χ0n) is 13.9. The van der Waals surface area contributed by atoms with Gasteiger partial charge in [-0.15, -0.1) is 0 Å². The van der Waals surface area contributed by atoms with Gasteiger partial charge >= 0.3 is 0 Å². The number of ether oxygens (including phenoxy) is 1. The molecule has 1 saturated heterocycles. The SMILES string of the molecule is O=C([C@@H]1CC=CC[C@@H]1c1nc(-c2ccncc2)no1)N1CCOCC1. The maximum Gasteiger partial charge on any atom is 0.231 e. The summed E-state index contributed by atoms with van der Waals surface area (Å²) in [5, 5.41) is 4.09. The molecule has 0 aromatic carbocycles. The third-order valence-electron chi connectivity index (χ3n) is 4.77. The van der Waals surface area contributed by atoms with Gasteiger partial charge in [0.25, 0.3) is 0 Å². The second-order valence-electron chi connectivity index (χ2n) is 6.29. The summed E-state index contributed by atoms with van der Waals surface area (Å²) in [7, 11) is 0. The number of nitrogens with zero attached hydrogens (tertiary/aromatic N) is 4. The van der Waals surface area contributed by atoms with Crippen LogP contribution in [0.4, 0.5) is 0 Å². The summed E-state index contributed by atoms with van der Waals surface area (Å²) in [4.78, 5) is 23.4. The van der Waals surface area contributed by atoms with Crippen LogP contribution in [-0.2, 0) is 9.53 Å². The Labute approximate surface area is 145 Å². The van der Waals surface area contributed by atoms with Crippen LogP contribution in [0.3, 0.4) is 0 Å². The Morgan fingerprint density at radius 1 is 1.12 bits per heavy atom. The minimum absolute atomic E-state index is 0.0802. The topological polar surface area (TPSA) is 81.3 Å². The van der Waals surface area contributed by atoms with Crippen LogP contribution in [0, 0.1) is 5.92 Å². The van der Waals surface area contributed by atoms with E-state index in [1.807, 2.05) is 17.0 Å². The summed E-state index contributed by atoms with van der Waals surface area (Å²) in [6, 6.07) is 3.68. The van der Waals surface area contributed by atoms with Crippen molar-refractivity contribution in [1.29, 1.82) is 0 Å². The lowest BCUT2D eigenvalue weighted by atomic mass is 9.81. The van der Waals surface area contributed by atoms with E-state index in [2.05, 4.69) is 27.3 Å². The van der Waals surface area contributed by atoms with Gasteiger partial charge < -0.3 is 14.2 Å². The highest BCUT2D eigenvalue weighted by Gasteiger charge is 2.36. The summed E-state index contributed by atoms with van der Waals surface area (Å²) < 4.78 is 10.9. The number of carbonyl (C=O) groups excluding carboxylic acids is 1. The highest BCUT2D eigenvalue weighted by molar-refractivity contribution is 5.80. The van der Waals surface area contributed by atoms with Crippen molar-refractivity contribution >= 4 is 5.91 Å². The van der Waals surface area contributed by atoms with Gasteiger partial charge in [-0.2, -0.15) is 4.98 Å². The molecule has 0 saturated carbocycles. The maximum atomic E-state index is 13.0. The fourth-order valence-electron chi connectivity index (χ4n) is 3.38. The second kappa shape index (κ2) is 7.14. The third kappa shape index (κ3) is 3.32. The Balaban J connectivity index is 1.56. The van der Waals surface area contributed by atoms with Crippen molar-refractivity contribution in [2.45, 2.75) is 18.8 Å². The molecule has 0 radical (unpaired) electrons. The Morgan fingerprint density at radius 3 is 2.68 bits per heavy atom. The quantitative estimate of drug-likeness (QED) is 0.795. The first-order chi connectivity index (χ1) is 12.3. The number of carbonyl (C=O) groups is 1. The number of allylic oxidation sites excluding steroid dienone is 2. The van der Waals surface area contributed by atoms with Crippen LogP contribution in [0.15, 0.2) is 41.2 Å². The molecule has 0 spiro atoms. The lowest BCUT2D eigenvalue weighted by Crippen LogP contribution is -2.45. The number of amides is 1. The van der Waals surface area contributed by atoms with Crippen LogP contribution in [0.1, 0.15) is 24.7 Å². The minimum atomic E-state index is -0.158. The van der Waals surface area contributed by atoms with Gasteiger partial charge in [-0.05, 0) is 25.0 Å². The summed E-state index contributed by atoms with van der Waals surface area (Å²) in [5.74, 6) is 0.978. The summed E-state index contributed by atoms with van der Waals surface area (Å²) in [6.45, 7) is 2.51. The van der Waals surface area contributed by atoms with Gasteiger partial charge in [0.2, 0.25) is 17.6 Å². The molecule has 2 atom stereocenters. The van der Waals surface area contributed by atoms with Gasteiger partial charge in [0.1, 0.15) is 0 Å². The predicted octanol–water partition coefficient (Wildman–Crippen LogP) is 2.04. The van der Waals surface area contributed by atoms with Crippen LogP contribution in [0.2, 0.25) is 0 Å². The molecule has 2 aromatic heterocycles. The normalized spacial score (nSPS) is 23.6. The fourth-order valence-corrected chi connectivity index (χ4v) is 3.38. The molecule has 2 aromatic rings. The zero-order valence-corrected chi connectivity index (χ0v) is 13.9. The van der Waals surface area contributed by atoms with E-state index in [0.717, 1.165) is 12.0 Å². The molecule has 7 nitrogen and oxygen atoms in total. The summed E-state index contributed by atoms with van der Waals surface area (Å²) in [5.41, 5.74) is 0.854. The Bertz CT molecular complexity index is 753. The minimum Gasteiger partial charge on any atom is -0.378 e. The monoisotopic (exact) mass is 340 g/mol. The van der Waals surface area contributed by atoms with Gasteiger partial charge in [0.15, 0.2) is 0 Å². The molecular weight excluding hydrogens is 320 g/mol. The molecule has 2 aliphatic rings. The van der Waals surface area contributed by atoms with Gasteiger partial charge in [-0.1, -0.05) is 17.3 Å². The molecule has 130 valence electrons. The number of rotatable bonds is 3. The highest BCUT2D eigenvalue weighted by atomic mass is 16.5. The highest BCUT2D eigenvalue weighted by Crippen LogP contribution is 2.35. The molecule has 3 heterocycles. The molecule has 25 heavy (non-hydrogen) atoms. The molecule has 0 unspecified atom stereocenters. The number of hydrogen-bond donors (Lipinski definition) is 0. The molecule has 7 heteroatoms. The van der Waals surface area contributed by atoms with E-state index in [1.165, 1.54) is 0 Å². The number of hydrogen-bond acceptors (Lipinski definition) is 6. The van der Waals surface area contributed by atoms with Crippen molar-refractivity contribution in [1.82, 2.24) is 20.0 Å². The average molecular weight is 340 g/mol. The Morgan fingerprint density at radius 2 is 1.88 bits per heavy atom. The molecular formula is C18H20N4O3. The Hall–Kier alpha value is -2.54. The van der Waals surface area contributed by atoms with E-state index in [-0.39, 0.29) is 17.7 Å². The third-order valence-corrected chi connectivity index (χ3v) is 4.77. The van der Waals surface area contributed by atoms with Crippen molar-refractivity contribution in [3.63, 3.8) is 0 Å². The van der Waals surface area contributed by atoms with Crippen LogP contribution < -0.4 is 0 Å². The molecule has 1 aliphatic carbocycles. The van der Waals surface area contributed by atoms with Crippen molar-refractivity contribution in [3.05, 3.63) is 42.6 Å². The fraction of sp³-hybridized carbons (Fsp3) is 0.444. The summed E-state index contributed by atoms with van der Waals surface area (Å²) in [6.07, 6.45) is 8.98. The van der Waals surface area contributed by atoms with E-state index in [9.17, 15) is 4.79 Å². The lowest BCUT2D eigenvalue weighted by molar-refractivity contribution is -0.140. The van der Waals surface area contributed by atoms with E-state index < -0.39 is 0 Å². The predicted molar refractivity (Wildman–Crippen MR) is 89.5 cm³/mol. The standard InChI is InChI=1S/C18H20N4O3/c23-18(22-9-11-24-12-10-22)15-4-2-1-3-14(15)17-20-16(21-25-17)13-5-7-19-8-6-13/h1-2,5-8,14-15H,3-4,9-12H2/t14-,15+/m0/s1. The van der Waals surface area contributed by atoms with Gasteiger partial charge in [0.05, 0.1) is 25.0 Å². The largest absolute Gasteiger partial charge is 0.378 e. The molecule has 1 amide bonds. The average Bonchev–Trinajstić information content (AvgIpc) is 3.19. The van der Waals surface area contributed by atoms with Crippen LogP contribution in [0.5, 0.6) is 0 Å². The Kier molecular flexibility index (Phi) is 4.56. The first kappa shape index (κ1) is 16.0. The zero-order chi connectivity index (χ0) is 17.1. The van der Waals surface area contributed by atoms with E-state index in [1.54, 1.807) is 12.4 Å². The van der Waals surface area contributed by atoms with Crippen molar-refractivity contribution in [2.75, 3.05) is 26.3 Å².